The fourth-order valence-electron chi connectivity index (χ4n) is 3.85. The van der Waals surface area contributed by atoms with E-state index in [-0.39, 0.29) is 12.3 Å². The Balaban J connectivity index is 1.61. The van der Waals surface area contributed by atoms with E-state index in [1.165, 1.54) is 0 Å². The molecule has 0 saturated heterocycles. The number of halogens is 7. The van der Waals surface area contributed by atoms with Crippen molar-refractivity contribution in [3.63, 3.8) is 0 Å². The lowest BCUT2D eigenvalue weighted by Crippen LogP contribution is -2.42. The quantitative estimate of drug-likeness (QED) is 0.208. The lowest BCUT2D eigenvalue weighted by Gasteiger charge is -2.29. The summed E-state index contributed by atoms with van der Waals surface area (Å²) >= 11 is 14.9. The van der Waals surface area contributed by atoms with Gasteiger partial charge in [0.2, 0.25) is 0 Å². The number of alkyl halides is 3. The molecule has 0 spiro atoms. The molecule has 3 aromatic carbocycles. The summed E-state index contributed by atoms with van der Waals surface area (Å²) in [6.07, 6.45) is -4.01. The van der Waals surface area contributed by atoms with Gasteiger partial charge in [0, 0.05) is 27.6 Å². The predicted octanol–water partition coefficient (Wildman–Crippen LogP) is 8.44. The van der Waals surface area contributed by atoms with E-state index in [4.69, 9.17) is 28.0 Å². The van der Waals surface area contributed by atoms with Crippen LogP contribution in [0.3, 0.4) is 0 Å². The zero-order valence-electron chi connectivity index (χ0n) is 19.4. The second-order valence-electron chi connectivity index (χ2n) is 8.57. The van der Waals surface area contributed by atoms with Gasteiger partial charge in [-0.1, -0.05) is 56.4 Å². The minimum atomic E-state index is -4.90. The van der Waals surface area contributed by atoms with E-state index in [9.17, 15) is 21.8 Å². The molecule has 0 fully saturated rings. The average Bonchev–Trinajstić information content (AvgIpc) is 3.29. The van der Waals surface area contributed by atoms with Gasteiger partial charge in [-0.15, -0.1) is 0 Å². The van der Waals surface area contributed by atoms with Crippen LogP contribution in [-0.2, 0) is 26.7 Å². The number of benzene rings is 3. The molecule has 0 aromatic heterocycles. The zero-order chi connectivity index (χ0) is 27.2. The van der Waals surface area contributed by atoms with Gasteiger partial charge in [-0.3, -0.25) is 0 Å². The summed E-state index contributed by atoms with van der Waals surface area (Å²) in [5, 5.41) is 2.62. The van der Waals surface area contributed by atoms with E-state index in [1.54, 1.807) is 55.6 Å². The summed E-state index contributed by atoms with van der Waals surface area (Å²) < 4.78 is 74.9. The number of hydrogen-bond acceptors (Lipinski definition) is 4. The summed E-state index contributed by atoms with van der Waals surface area (Å²) in [5.41, 5.74) is -1.37. The molecule has 12 heteroatoms. The van der Waals surface area contributed by atoms with Crippen LogP contribution in [0, 0.1) is 12.7 Å². The molecule has 0 radical (unpaired) electrons. The fourth-order valence-corrected chi connectivity index (χ4v) is 5.78. The Morgan fingerprint density at radius 2 is 1.73 bits per heavy atom. The van der Waals surface area contributed by atoms with E-state index >= 15 is 0 Å². The molecule has 1 aliphatic heterocycles. The SMILES string of the molecule is Cc1cc(C2=NOC(c3cc(Cl)c(F)c(Cl)c3)(C(F)(F)F)C2)ccc1CN=S(C)(=O)c1ccc(Br)cc1. The molecule has 196 valence electrons. The van der Waals surface area contributed by atoms with Crippen molar-refractivity contribution in [1.29, 1.82) is 0 Å². The molecule has 2 atom stereocenters. The van der Waals surface area contributed by atoms with Crippen LogP contribution in [0.4, 0.5) is 17.6 Å². The van der Waals surface area contributed by atoms with Crippen LogP contribution in [-0.4, -0.2) is 22.4 Å². The number of oxime groups is 1. The van der Waals surface area contributed by atoms with Crippen LogP contribution < -0.4 is 0 Å². The van der Waals surface area contributed by atoms with Crippen molar-refractivity contribution in [1.82, 2.24) is 0 Å². The largest absolute Gasteiger partial charge is 0.435 e. The number of rotatable bonds is 5. The molecule has 0 amide bonds. The van der Waals surface area contributed by atoms with Gasteiger partial charge in [-0.05, 0) is 66.1 Å². The molecule has 0 aliphatic carbocycles. The van der Waals surface area contributed by atoms with Gasteiger partial charge in [0.05, 0.1) is 32.0 Å². The molecule has 4 nitrogen and oxygen atoms in total. The Labute approximate surface area is 229 Å². The van der Waals surface area contributed by atoms with Crippen LogP contribution in [0.1, 0.15) is 28.7 Å². The first kappa shape index (κ1) is 27.9. The monoisotopic (exact) mass is 636 g/mol. The standard InChI is InChI=1S/C25H19BrCl2F4N2O2S/c1-14-9-15(3-4-16(14)13-33-37(2,35)19-7-5-18(26)6-8-19)22-12-24(36-34-22,25(30,31)32)17-10-20(27)23(29)21(28)11-17/h3-11H,12-13H2,1-2H3. The lowest BCUT2D eigenvalue weighted by molar-refractivity contribution is -0.275. The zero-order valence-corrected chi connectivity index (χ0v) is 23.3. The van der Waals surface area contributed by atoms with Crippen LogP contribution >= 0.6 is 39.1 Å². The van der Waals surface area contributed by atoms with Crippen LogP contribution in [0.5, 0.6) is 0 Å². The highest BCUT2D eigenvalue weighted by Gasteiger charge is 2.62. The molecular formula is C25H19BrCl2F4N2O2S. The fraction of sp³-hybridized carbons (Fsp3) is 0.240. The van der Waals surface area contributed by atoms with Gasteiger partial charge in [0.1, 0.15) is 0 Å². The Bertz CT molecular complexity index is 1500. The van der Waals surface area contributed by atoms with Gasteiger partial charge < -0.3 is 4.84 Å². The first-order valence-corrected chi connectivity index (χ1v) is 14.2. The van der Waals surface area contributed by atoms with Crippen molar-refractivity contribution >= 4 is 54.6 Å². The highest BCUT2D eigenvalue weighted by molar-refractivity contribution is 9.10. The lowest BCUT2D eigenvalue weighted by atomic mass is 9.86. The first-order chi connectivity index (χ1) is 17.2. The minimum Gasteiger partial charge on any atom is -0.374 e. The van der Waals surface area contributed by atoms with Crippen molar-refractivity contribution < 1.29 is 26.6 Å². The third-order valence-electron chi connectivity index (χ3n) is 6.04. The van der Waals surface area contributed by atoms with E-state index in [0.29, 0.717) is 10.5 Å². The molecule has 1 aliphatic rings. The summed E-state index contributed by atoms with van der Waals surface area (Å²) in [7, 11) is -2.65. The predicted molar refractivity (Wildman–Crippen MR) is 140 cm³/mol. The van der Waals surface area contributed by atoms with Gasteiger partial charge in [-0.25, -0.2) is 13.0 Å². The summed E-state index contributed by atoms with van der Waals surface area (Å²) in [4.78, 5) is 5.58. The number of aryl methyl sites for hydroxylation is 1. The third-order valence-corrected chi connectivity index (χ3v) is 8.89. The van der Waals surface area contributed by atoms with E-state index < -0.39 is 49.4 Å². The molecule has 3 aromatic rings. The molecule has 1 heterocycles. The molecule has 0 bridgehead atoms. The molecule has 37 heavy (non-hydrogen) atoms. The van der Waals surface area contributed by atoms with Crippen molar-refractivity contribution in [2.45, 2.75) is 36.6 Å². The topological polar surface area (TPSA) is 51.0 Å². The van der Waals surface area contributed by atoms with Crippen molar-refractivity contribution in [3.8, 4) is 0 Å². The second kappa shape index (κ2) is 10.2. The highest BCUT2D eigenvalue weighted by atomic mass is 79.9. The van der Waals surface area contributed by atoms with Gasteiger partial charge in [-0.2, -0.15) is 13.2 Å². The molecular weight excluding hydrogens is 619 g/mol. The molecule has 2 unspecified atom stereocenters. The molecule has 0 N–H and O–H groups in total. The summed E-state index contributed by atoms with van der Waals surface area (Å²) in [6.45, 7) is 1.93. The summed E-state index contributed by atoms with van der Waals surface area (Å²) in [5.74, 6) is -1.02. The van der Waals surface area contributed by atoms with Crippen molar-refractivity contribution in [2.24, 2.45) is 9.52 Å². The Morgan fingerprint density at radius 1 is 1.11 bits per heavy atom. The highest BCUT2D eigenvalue weighted by Crippen LogP contribution is 2.50. The number of hydrogen-bond donors (Lipinski definition) is 0. The Kier molecular flexibility index (Phi) is 7.69. The van der Waals surface area contributed by atoms with Crippen LogP contribution in [0.25, 0.3) is 0 Å². The summed E-state index contributed by atoms with van der Waals surface area (Å²) in [6, 6.07) is 13.7. The van der Waals surface area contributed by atoms with E-state index in [0.717, 1.165) is 27.7 Å². The normalized spacial score (nSPS) is 19.2. The molecule has 0 saturated carbocycles. The Hall–Kier alpha value is -2.14. The second-order valence-corrected chi connectivity index (χ2v) is 12.6. The van der Waals surface area contributed by atoms with Crippen LogP contribution in [0.15, 0.2) is 73.5 Å². The maximum Gasteiger partial charge on any atom is 0.435 e. The van der Waals surface area contributed by atoms with Gasteiger partial charge in [0.25, 0.3) is 5.60 Å². The van der Waals surface area contributed by atoms with Gasteiger partial charge in [0.15, 0.2) is 5.82 Å². The Morgan fingerprint density at radius 3 is 2.30 bits per heavy atom. The maximum absolute atomic E-state index is 14.3. The number of nitrogens with zero attached hydrogens (tertiary/aromatic N) is 2. The van der Waals surface area contributed by atoms with Gasteiger partial charge >= 0.3 is 6.18 Å². The van der Waals surface area contributed by atoms with Crippen molar-refractivity contribution in [3.05, 3.63) is 97.2 Å². The smallest absolute Gasteiger partial charge is 0.374 e. The first-order valence-electron chi connectivity index (χ1n) is 10.7. The third kappa shape index (κ3) is 5.53. The minimum absolute atomic E-state index is 0.0506. The molecule has 4 rings (SSSR count). The maximum atomic E-state index is 14.3. The van der Waals surface area contributed by atoms with E-state index in [1.807, 2.05) is 0 Å². The van der Waals surface area contributed by atoms with E-state index in [2.05, 4.69) is 25.4 Å². The average molecular weight is 638 g/mol. The van der Waals surface area contributed by atoms with Crippen LogP contribution in [0.2, 0.25) is 10.0 Å². The van der Waals surface area contributed by atoms with Crippen molar-refractivity contribution in [2.75, 3.05) is 6.26 Å².